The smallest absolute Gasteiger partial charge is 0.404 e. The van der Waals surface area contributed by atoms with Crippen molar-refractivity contribution in [1.29, 1.82) is 0 Å². The molecule has 2 aromatic rings. The SMILES string of the molecule is CCNS(=O)(=O)c1cnccc1-c1cnc([C@H]2CC[C@H](OC(N)=O)CC2)s1. The molecular weight excluding hydrogens is 388 g/mol. The third-order valence-electron chi connectivity index (χ3n) is 4.50. The van der Waals surface area contributed by atoms with Crippen molar-refractivity contribution in [1.82, 2.24) is 14.7 Å². The van der Waals surface area contributed by atoms with E-state index in [2.05, 4.69) is 14.7 Å². The van der Waals surface area contributed by atoms with Crippen molar-refractivity contribution in [2.75, 3.05) is 6.54 Å². The molecule has 0 radical (unpaired) electrons. The summed E-state index contributed by atoms with van der Waals surface area (Å²) in [6.45, 7) is 2.04. The first-order valence-corrected chi connectivity index (χ1v) is 11.1. The van der Waals surface area contributed by atoms with Gasteiger partial charge in [-0.2, -0.15) is 0 Å². The Morgan fingerprint density at radius 2 is 2.07 bits per heavy atom. The van der Waals surface area contributed by atoms with E-state index in [9.17, 15) is 13.2 Å². The quantitative estimate of drug-likeness (QED) is 0.754. The van der Waals surface area contributed by atoms with E-state index in [1.807, 2.05) is 0 Å². The molecule has 0 aliphatic heterocycles. The molecule has 146 valence electrons. The normalized spacial score (nSPS) is 20.3. The van der Waals surface area contributed by atoms with Crippen LogP contribution in [0.5, 0.6) is 0 Å². The first-order chi connectivity index (χ1) is 12.9. The molecule has 1 saturated carbocycles. The van der Waals surface area contributed by atoms with E-state index >= 15 is 0 Å². The maximum atomic E-state index is 12.4. The van der Waals surface area contributed by atoms with Crippen molar-refractivity contribution < 1.29 is 17.9 Å². The molecule has 0 spiro atoms. The number of amides is 1. The molecule has 1 fully saturated rings. The molecule has 0 atom stereocenters. The third kappa shape index (κ3) is 4.63. The predicted octanol–water partition coefficient (Wildman–Crippen LogP) is 2.62. The number of nitrogens with two attached hydrogens (primary N) is 1. The number of carbonyl (C=O) groups is 1. The molecule has 2 heterocycles. The summed E-state index contributed by atoms with van der Waals surface area (Å²) in [5, 5.41) is 0.964. The molecule has 1 amide bonds. The van der Waals surface area contributed by atoms with Gasteiger partial charge in [0.15, 0.2) is 0 Å². The summed E-state index contributed by atoms with van der Waals surface area (Å²) < 4.78 is 32.5. The van der Waals surface area contributed by atoms with Gasteiger partial charge < -0.3 is 10.5 Å². The standard InChI is InChI=1S/C17H22N4O4S2/c1-2-21-27(23,24)15-10-19-8-7-13(15)14-9-20-16(26-14)11-3-5-12(6-4-11)25-17(18)22/h7-12,21H,2-6H2,1H3,(H2,18,22)/t11-,12-. The molecule has 8 nitrogen and oxygen atoms in total. The van der Waals surface area contributed by atoms with Crippen LogP contribution in [0.3, 0.4) is 0 Å². The molecule has 1 aliphatic carbocycles. The number of thiazole rings is 1. The minimum absolute atomic E-state index is 0.129. The first kappa shape index (κ1) is 19.7. The number of carbonyl (C=O) groups excluding carboxylic acids is 1. The monoisotopic (exact) mass is 410 g/mol. The van der Waals surface area contributed by atoms with Crippen LogP contribution in [-0.2, 0) is 14.8 Å². The van der Waals surface area contributed by atoms with Gasteiger partial charge in [0.1, 0.15) is 11.0 Å². The minimum Gasteiger partial charge on any atom is -0.446 e. The number of sulfonamides is 1. The van der Waals surface area contributed by atoms with Crippen molar-refractivity contribution in [3.63, 3.8) is 0 Å². The Bertz CT molecular complexity index is 905. The molecule has 2 aromatic heterocycles. The summed E-state index contributed by atoms with van der Waals surface area (Å²) >= 11 is 1.49. The van der Waals surface area contributed by atoms with Crippen LogP contribution < -0.4 is 10.5 Å². The Morgan fingerprint density at radius 1 is 1.33 bits per heavy atom. The van der Waals surface area contributed by atoms with Crippen molar-refractivity contribution in [2.24, 2.45) is 5.73 Å². The topological polar surface area (TPSA) is 124 Å². The van der Waals surface area contributed by atoms with Crippen LogP contribution in [-0.4, -0.2) is 37.1 Å². The van der Waals surface area contributed by atoms with Crippen molar-refractivity contribution in [3.05, 3.63) is 29.7 Å². The Balaban J connectivity index is 1.79. The van der Waals surface area contributed by atoms with E-state index in [0.29, 0.717) is 12.1 Å². The summed E-state index contributed by atoms with van der Waals surface area (Å²) in [6, 6.07) is 1.69. The molecule has 10 heteroatoms. The first-order valence-electron chi connectivity index (χ1n) is 8.76. The summed E-state index contributed by atoms with van der Waals surface area (Å²) in [7, 11) is -3.62. The highest BCUT2D eigenvalue weighted by molar-refractivity contribution is 7.89. The zero-order chi connectivity index (χ0) is 19.4. The molecule has 0 saturated heterocycles. The maximum absolute atomic E-state index is 12.4. The summed E-state index contributed by atoms with van der Waals surface area (Å²) in [6.07, 6.45) is 6.98. The van der Waals surface area contributed by atoms with Crippen LogP contribution in [0.25, 0.3) is 10.4 Å². The van der Waals surface area contributed by atoms with Crippen LogP contribution in [0.15, 0.2) is 29.6 Å². The van der Waals surface area contributed by atoms with E-state index in [-0.39, 0.29) is 16.9 Å². The second-order valence-corrected chi connectivity index (χ2v) is 9.14. The fraction of sp³-hybridized carbons (Fsp3) is 0.471. The number of aromatic nitrogens is 2. The van der Waals surface area contributed by atoms with Gasteiger partial charge in [-0.25, -0.2) is 22.9 Å². The number of ether oxygens (including phenoxy) is 1. The van der Waals surface area contributed by atoms with Crippen molar-refractivity contribution in [2.45, 2.75) is 49.5 Å². The predicted molar refractivity (Wildman–Crippen MR) is 102 cm³/mol. The maximum Gasteiger partial charge on any atom is 0.404 e. The summed E-state index contributed by atoms with van der Waals surface area (Å²) in [4.78, 5) is 20.3. The fourth-order valence-electron chi connectivity index (χ4n) is 3.26. The molecule has 0 aromatic carbocycles. The van der Waals surface area contributed by atoms with E-state index < -0.39 is 16.1 Å². The van der Waals surface area contributed by atoms with E-state index in [1.54, 1.807) is 25.4 Å². The van der Waals surface area contributed by atoms with Gasteiger partial charge in [-0.05, 0) is 31.7 Å². The molecular formula is C17H22N4O4S2. The lowest BCUT2D eigenvalue weighted by molar-refractivity contribution is 0.0787. The molecule has 3 rings (SSSR count). The zero-order valence-electron chi connectivity index (χ0n) is 14.9. The lowest BCUT2D eigenvalue weighted by Crippen LogP contribution is -2.26. The number of pyridine rings is 1. The highest BCUT2D eigenvalue weighted by Gasteiger charge is 2.27. The average Bonchev–Trinajstić information content (AvgIpc) is 3.12. The second kappa shape index (κ2) is 8.32. The molecule has 27 heavy (non-hydrogen) atoms. The largest absolute Gasteiger partial charge is 0.446 e. The third-order valence-corrected chi connectivity index (χ3v) is 7.27. The van der Waals surface area contributed by atoms with E-state index in [1.165, 1.54) is 17.5 Å². The Morgan fingerprint density at radius 3 is 2.74 bits per heavy atom. The van der Waals surface area contributed by atoms with Gasteiger partial charge in [0.25, 0.3) is 0 Å². The van der Waals surface area contributed by atoms with Gasteiger partial charge in [0.05, 0.1) is 9.88 Å². The van der Waals surface area contributed by atoms with Gasteiger partial charge in [-0.15, -0.1) is 11.3 Å². The average molecular weight is 411 g/mol. The van der Waals surface area contributed by atoms with Crippen molar-refractivity contribution in [3.8, 4) is 10.4 Å². The van der Waals surface area contributed by atoms with Crippen LogP contribution in [0.1, 0.15) is 43.5 Å². The Labute approximate surface area is 162 Å². The van der Waals surface area contributed by atoms with Crippen molar-refractivity contribution >= 4 is 27.5 Å². The minimum atomic E-state index is -3.62. The molecule has 0 bridgehead atoms. The second-order valence-electron chi connectivity index (χ2n) is 6.35. The van der Waals surface area contributed by atoms with Crippen LogP contribution in [0.2, 0.25) is 0 Å². The van der Waals surface area contributed by atoms with Gasteiger partial charge in [0.2, 0.25) is 10.0 Å². The number of nitrogens with one attached hydrogen (secondary N) is 1. The molecule has 0 unspecified atom stereocenters. The fourth-order valence-corrected chi connectivity index (χ4v) is 5.65. The molecule has 3 N–H and O–H groups in total. The number of hydrogen-bond donors (Lipinski definition) is 2. The van der Waals surface area contributed by atoms with Gasteiger partial charge >= 0.3 is 6.09 Å². The lowest BCUT2D eigenvalue weighted by Gasteiger charge is -2.26. The number of hydrogen-bond acceptors (Lipinski definition) is 7. The van der Waals surface area contributed by atoms with Crippen LogP contribution >= 0.6 is 11.3 Å². The Kier molecular flexibility index (Phi) is 6.08. The highest BCUT2D eigenvalue weighted by atomic mass is 32.2. The number of primary amides is 1. The number of nitrogens with zero attached hydrogens (tertiary/aromatic N) is 2. The summed E-state index contributed by atoms with van der Waals surface area (Å²) in [5.41, 5.74) is 5.67. The van der Waals surface area contributed by atoms with E-state index in [0.717, 1.165) is 35.6 Å². The van der Waals surface area contributed by atoms with Crippen LogP contribution in [0.4, 0.5) is 4.79 Å². The molecule has 1 aliphatic rings. The Hall–Kier alpha value is -2.04. The zero-order valence-corrected chi connectivity index (χ0v) is 16.6. The number of rotatable bonds is 6. The summed E-state index contributed by atoms with van der Waals surface area (Å²) in [5.74, 6) is 0.270. The van der Waals surface area contributed by atoms with Gasteiger partial charge in [-0.3, -0.25) is 4.98 Å². The van der Waals surface area contributed by atoms with Crippen LogP contribution in [0, 0.1) is 0 Å². The van der Waals surface area contributed by atoms with E-state index in [4.69, 9.17) is 10.5 Å². The lowest BCUT2D eigenvalue weighted by atomic mass is 9.88. The van der Waals surface area contributed by atoms with Gasteiger partial charge in [0, 0.05) is 36.6 Å². The van der Waals surface area contributed by atoms with Gasteiger partial charge in [-0.1, -0.05) is 6.92 Å². The highest BCUT2D eigenvalue weighted by Crippen LogP contribution is 2.39.